The van der Waals surface area contributed by atoms with Crippen LogP contribution in [0, 0.1) is 10.8 Å². The van der Waals surface area contributed by atoms with Gasteiger partial charge in [-0.2, -0.15) is 0 Å². The fourth-order valence-corrected chi connectivity index (χ4v) is 7.13. The van der Waals surface area contributed by atoms with Gasteiger partial charge in [-0.15, -0.1) is 0 Å². The van der Waals surface area contributed by atoms with Crippen molar-refractivity contribution in [1.82, 2.24) is 0 Å². The molecule has 0 N–H and O–H groups in total. The van der Waals surface area contributed by atoms with Crippen molar-refractivity contribution in [3.8, 4) is 0 Å². The molecule has 0 bridgehead atoms. The monoisotopic (exact) mass is 360 g/mol. The minimum Gasteiger partial charge on any atom is -0.0617 e. The number of fused-ring (bicyclic) bond motifs is 1. The molecule has 6 aliphatic carbocycles. The van der Waals surface area contributed by atoms with E-state index < -0.39 is 0 Å². The van der Waals surface area contributed by atoms with Gasteiger partial charge in [-0.25, -0.2) is 0 Å². The van der Waals surface area contributed by atoms with Gasteiger partial charge in [0.2, 0.25) is 0 Å². The lowest BCUT2D eigenvalue weighted by Crippen LogP contribution is -2.49. The lowest BCUT2D eigenvalue weighted by molar-refractivity contribution is 0.243. The van der Waals surface area contributed by atoms with Crippen molar-refractivity contribution >= 4 is 5.57 Å². The molecule has 0 heterocycles. The van der Waals surface area contributed by atoms with Crippen molar-refractivity contribution < 1.29 is 0 Å². The topological polar surface area (TPSA) is 0 Å². The Labute approximate surface area is 167 Å². The van der Waals surface area contributed by atoms with Gasteiger partial charge in [0.05, 0.1) is 0 Å². The van der Waals surface area contributed by atoms with Crippen LogP contribution in [0.4, 0.5) is 0 Å². The summed E-state index contributed by atoms with van der Waals surface area (Å²) in [4.78, 5) is 0. The smallest absolute Gasteiger partial charge is 0.0315 e. The Balaban J connectivity index is 1.65. The maximum Gasteiger partial charge on any atom is 0.0315 e. The van der Waals surface area contributed by atoms with Crippen LogP contribution in [0.15, 0.2) is 94.2 Å². The largest absolute Gasteiger partial charge is 0.0617 e. The molecule has 0 spiro atoms. The zero-order chi connectivity index (χ0) is 18.7. The SMILES string of the molecule is CC12C3=CC=CC1=CC=C1C4=C5C(=C(C=C3)C12C)CCc1cccc(c15)CC4. The third kappa shape index (κ3) is 1.44. The van der Waals surface area contributed by atoms with Crippen LogP contribution in [0.1, 0.15) is 43.4 Å². The first-order chi connectivity index (χ1) is 13.6. The minimum absolute atomic E-state index is 0.0404. The number of hydrogen-bond donors (Lipinski definition) is 0. The molecule has 0 saturated carbocycles. The molecular weight excluding hydrogens is 336 g/mol. The number of benzene rings is 1. The summed E-state index contributed by atoms with van der Waals surface area (Å²) < 4.78 is 0. The van der Waals surface area contributed by atoms with Crippen LogP contribution in [0.5, 0.6) is 0 Å². The van der Waals surface area contributed by atoms with E-state index in [4.69, 9.17) is 0 Å². The van der Waals surface area contributed by atoms with Crippen molar-refractivity contribution in [2.75, 3.05) is 0 Å². The molecule has 1 aromatic carbocycles. The van der Waals surface area contributed by atoms with Crippen LogP contribution >= 0.6 is 0 Å². The fraction of sp³-hybridized carbons (Fsp3) is 0.286. The summed E-state index contributed by atoms with van der Waals surface area (Å²) in [5.74, 6) is 0. The van der Waals surface area contributed by atoms with E-state index in [0.29, 0.717) is 0 Å². The highest BCUT2D eigenvalue weighted by Gasteiger charge is 2.58. The van der Waals surface area contributed by atoms with Gasteiger partial charge >= 0.3 is 0 Å². The number of allylic oxidation sites excluding steroid dienone is 14. The minimum atomic E-state index is 0.0404. The number of aryl methyl sites for hydroxylation is 2. The van der Waals surface area contributed by atoms with Gasteiger partial charge in [-0.1, -0.05) is 74.6 Å². The molecule has 7 rings (SSSR count). The van der Waals surface area contributed by atoms with Gasteiger partial charge < -0.3 is 0 Å². The lowest BCUT2D eigenvalue weighted by Gasteiger charge is -2.59. The van der Waals surface area contributed by atoms with Crippen LogP contribution in [0.3, 0.4) is 0 Å². The molecule has 0 radical (unpaired) electrons. The summed E-state index contributed by atoms with van der Waals surface area (Å²) in [6, 6.07) is 7.00. The van der Waals surface area contributed by atoms with Crippen molar-refractivity contribution in [2.24, 2.45) is 10.8 Å². The van der Waals surface area contributed by atoms with Gasteiger partial charge in [0.15, 0.2) is 0 Å². The molecule has 28 heavy (non-hydrogen) atoms. The van der Waals surface area contributed by atoms with Gasteiger partial charge in [-0.3, -0.25) is 0 Å². The van der Waals surface area contributed by atoms with E-state index in [-0.39, 0.29) is 10.8 Å². The molecular formula is C28H24. The van der Waals surface area contributed by atoms with E-state index in [1.165, 1.54) is 36.8 Å². The first-order valence-electron chi connectivity index (χ1n) is 10.7. The van der Waals surface area contributed by atoms with Gasteiger partial charge in [-0.05, 0) is 81.4 Å². The summed E-state index contributed by atoms with van der Waals surface area (Å²) in [7, 11) is 0. The summed E-state index contributed by atoms with van der Waals surface area (Å²) in [6.45, 7) is 5.02. The molecule has 2 unspecified atom stereocenters. The highest BCUT2D eigenvalue weighted by Crippen LogP contribution is 2.69. The predicted molar refractivity (Wildman–Crippen MR) is 116 cm³/mol. The maximum atomic E-state index is 2.53. The highest BCUT2D eigenvalue weighted by molar-refractivity contribution is 5.94. The predicted octanol–water partition coefficient (Wildman–Crippen LogP) is 6.59. The third-order valence-corrected chi connectivity index (χ3v) is 8.67. The highest BCUT2D eigenvalue weighted by atomic mass is 14.6. The van der Waals surface area contributed by atoms with Crippen molar-refractivity contribution in [3.05, 3.63) is 111 Å². The van der Waals surface area contributed by atoms with Crippen LogP contribution in [-0.2, 0) is 12.8 Å². The Morgan fingerprint density at radius 1 is 0.714 bits per heavy atom. The molecule has 0 nitrogen and oxygen atoms in total. The second-order valence-corrected chi connectivity index (χ2v) is 9.46. The average molecular weight is 361 g/mol. The summed E-state index contributed by atoms with van der Waals surface area (Å²) in [6.07, 6.45) is 21.4. The lowest BCUT2D eigenvalue weighted by atomic mass is 9.44. The van der Waals surface area contributed by atoms with Crippen LogP contribution < -0.4 is 0 Å². The Hall–Kier alpha value is -2.60. The van der Waals surface area contributed by atoms with E-state index in [2.05, 4.69) is 74.6 Å². The molecule has 136 valence electrons. The summed E-state index contributed by atoms with van der Waals surface area (Å²) in [5.41, 5.74) is 15.8. The zero-order valence-corrected chi connectivity index (χ0v) is 16.6. The Morgan fingerprint density at radius 3 is 2.29 bits per heavy atom. The van der Waals surface area contributed by atoms with E-state index >= 15 is 0 Å². The maximum absolute atomic E-state index is 2.53. The molecule has 0 aliphatic heterocycles. The Morgan fingerprint density at radius 2 is 1.46 bits per heavy atom. The fourth-order valence-electron chi connectivity index (χ4n) is 7.13. The van der Waals surface area contributed by atoms with E-state index in [0.717, 1.165) is 0 Å². The van der Waals surface area contributed by atoms with Gasteiger partial charge in [0.25, 0.3) is 0 Å². The van der Waals surface area contributed by atoms with Crippen LogP contribution in [0.25, 0.3) is 5.57 Å². The summed E-state index contributed by atoms with van der Waals surface area (Å²) in [5, 5.41) is 0. The molecule has 0 fully saturated rings. The molecule has 6 aliphatic rings. The quantitative estimate of drug-likeness (QED) is 0.490. The van der Waals surface area contributed by atoms with Crippen molar-refractivity contribution in [1.29, 1.82) is 0 Å². The average Bonchev–Trinajstić information content (AvgIpc) is 2.71. The molecule has 2 atom stereocenters. The molecule has 0 amide bonds. The zero-order valence-electron chi connectivity index (χ0n) is 16.6. The first kappa shape index (κ1) is 15.3. The second kappa shape index (κ2) is 4.69. The van der Waals surface area contributed by atoms with Gasteiger partial charge in [0, 0.05) is 10.8 Å². The Bertz CT molecular complexity index is 1220. The van der Waals surface area contributed by atoms with Gasteiger partial charge in [0.1, 0.15) is 0 Å². The number of hydrogen-bond acceptors (Lipinski definition) is 0. The van der Waals surface area contributed by atoms with Crippen LogP contribution in [-0.4, -0.2) is 0 Å². The normalized spacial score (nSPS) is 33.1. The van der Waals surface area contributed by atoms with E-state index in [1.807, 2.05) is 0 Å². The first-order valence-corrected chi connectivity index (χ1v) is 10.7. The Kier molecular flexibility index (Phi) is 2.57. The van der Waals surface area contributed by atoms with Crippen molar-refractivity contribution in [2.45, 2.75) is 39.5 Å². The van der Waals surface area contributed by atoms with Crippen LogP contribution in [0.2, 0.25) is 0 Å². The molecule has 0 aromatic heterocycles. The third-order valence-electron chi connectivity index (χ3n) is 8.67. The molecule has 1 aromatic rings. The standard InChI is InChI=1S/C28H24/c1-27-19-7-4-8-20(27)12-16-24-22-14-10-18-6-3-5-17-9-13-21(26(22)25(17)18)23(15-11-19)28(24,27)2/h3-8,11-12,15-16H,9-10,13-14H2,1-2H3. The van der Waals surface area contributed by atoms with E-state index in [1.54, 1.807) is 44.6 Å². The van der Waals surface area contributed by atoms with Crippen molar-refractivity contribution in [3.63, 3.8) is 0 Å². The molecule has 0 heteroatoms. The summed E-state index contributed by atoms with van der Waals surface area (Å²) >= 11 is 0. The van der Waals surface area contributed by atoms with E-state index in [9.17, 15) is 0 Å². The number of rotatable bonds is 0. The second-order valence-electron chi connectivity index (χ2n) is 9.46. The molecule has 0 saturated heterocycles.